The SMILES string of the molecule is NCC(=O)N1C[C@H](NC(=O)c2ccccc2)C[C@H]1C(=O)NCc1ccncc1. The largest absolute Gasteiger partial charge is 0.350 e. The molecule has 8 nitrogen and oxygen atoms in total. The summed E-state index contributed by atoms with van der Waals surface area (Å²) < 4.78 is 0. The summed E-state index contributed by atoms with van der Waals surface area (Å²) in [7, 11) is 0. The van der Waals surface area contributed by atoms with E-state index in [4.69, 9.17) is 5.73 Å². The molecule has 1 aliphatic rings. The Kier molecular flexibility index (Phi) is 6.33. The molecule has 0 spiro atoms. The molecule has 1 aromatic carbocycles. The molecule has 1 aromatic heterocycles. The second-order valence-electron chi connectivity index (χ2n) is 6.61. The normalized spacial score (nSPS) is 18.5. The molecule has 0 aliphatic carbocycles. The topological polar surface area (TPSA) is 117 Å². The van der Waals surface area contributed by atoms with E-state index in [-0.39, 0.29) is 36.9 Å². The Morgan fingerprint density at radius 2 is 1.82 bits per heavy atom. The highest BCUT2D eigenvalue weighted by Gasteiger charge is 2.39. The van der Waals surface area contributed by atoms with E-state index >= 15 is 0 Å². The molecule has 146 valence electrons. The van der Waals surface area contributed by atoms with Gasteiger partial charge in [0.05, 0.1) is 6.54 Å². The van der Waals surface area contributed by atoms with Gasteiger partial charge in [0.1, 0.15) is 6.04 Å². The van der Waals surface area contributed by atoms with Crippen molar-refractivity contribution >= 4 is 17.7 Å². The molecule has 4 N–H and O–H groups in total. The summed E-state index contributed by atoms with van der Waals surface area (Å²) in [4.78, 5) is 42.7. The Labute approximate surface area is 163 Å². The number of nitrogens with two attached hydrogens (primary N) is 1. The van der Waals surface area contributed by atoms with E-state index in [2.05, 4.69) is 15.6 Å². The van der Waals surface area contributed by atoms with Gasteiger partial charge in [-0.05, 0) is 36.2 Å². The van der Waals surface area contributed by atoms with Crippen LogP contribution in [0.25, 0.3) is 0 Å². The van der Waals surface area contributed by atoms with Crippen molar-refractivity contribution in [1.82, 2.24) is 20.5 Å². The molecule has 0 unspecified atom stereocenters. The van der Waals surface area contributed by atoms with Crippen molar-refractivity contribution in [3.8, 4) is 0 Å². The number of nitrogens with one attached hydrogen (secondary N) is 2. The molecule has 2 heterocycles. The molecule has 2 atom stereocenters. The summed E-state index contributed by atoms with van der Waals surface area (Å²) in [5.74, 6) is -0.820. The molecule has 1 saturated heterocycles. The van der Waals surface area contributed by atoms with E-state index in [1.54, 1.807) is 48.8 Å². The van der Waals surface area contributed by atoms with Gasteiger partial charge in [-0.25, -0.2) is 0 Å². The predicted molar refractivity (Wildman–Crippen MR) is 103 cm³/mol. The summed E-state index contributed by atoms with van der Waals surface area (Å²) in [5, 5.41) is 5.74. The molecular formula is C20H23N5O3. The highest BCUT2D eigenvalue weighted by Crippen LogP contribution is 2.19. The molecular weight excluding hydrogens is 358 g/mol. The Balaban J connectivity index is 1.64. The zero-order valence-electron chi connectivity index (χ0n) is 15.4. The second kappa shape index (κ2) is 9.09. The maximum atomic E-state index is 12.7. The van der Waals surface area contributed by atoms with Crippen molar-refractivity contribution in [3.63, 3.8) is 0 Å². The van der Waals surface area contributed by atoms with Crippen LogP contribution in [0.4, 0.5) is 0 Å². The third-order valence-corrected chi connectivity index (χ3v) is 4.69. The maximum Gasteiger partial charge on any atom is 0.251 e. The fourth-order valence-corrected chi connectivity index (χ4v) is 3.25. The third kappa shape index (κ3) is 4.72. The number of benzene rings is 1. The van der Waals surface area contributed by atoms with Crippen LogP contribution in [-0.2, 0) is 16.1 Å². The van der Waals surface area contributed by atoms with Crippen LogP contribution in [0.15, 0.2) is 54.9 Å². The summed E-state index contributed by atoms with van der Waals surface area (Å²) in [6.45, 7) is 0.402. The van der Waals surface area contributed by atoms with Crippen molar-refractivity contribution in [2.45, 2.75) is 25.0 Å². The van der Waals surface area contributed by atoms with Crippen LogP contribution in [0, 0.1) is 0 Å². The predicted octanol–water partition coefficient (Wildman–Crippen LogP) is 0.0560. The second-order valence-corrected chi connectivity index (χ2v) is 6.61. The van der Waals surface area contributed by atoms with Crippen LogP contribution in [0.5, 0.6) is 0 Å². The van der Waals surface area contributed by atoms with Gasteiger partial charge in [-0.3, -0.25) is 19.4 Å². The summed E-state index contributed by atoms with van der Waals surface area (Å²) in [5.41, 5.74) is 6.94. The quantitative estimate of drug-likeness (QED) is 0.654. The molecule has 1 fully saturated rings. The summed E-state index contributed by atoms with van der Waals surface area (Å²) in [6, 6.07) is 11.4. The number of rotatable bonds is 6. The number of likely N-dealkylation sites (tertiary alicyclic amines) is 1. The fraction of sp³-hybridized carbons (Fsp3) is 0.300. The van der Waals surface area contributed by atoms with Gasteiger partial charge >= 0.3 is 0 Å². The minimum atomic E-state index is -0.668. The van der Waals surface area contributed by atoms with Crippen molar-refractivity contribution in [1.29, 1.82) is 0 Å². The summed E-state index contributed by atoms with van der Waals surface area (Å²) >= 11 is 0. The number of hydrogen-bond donors (Lipinski definition) is 3. The van der Waals surface area contributed by atoms with Crippen LogP contribution in [0.3, 0.4) is 0 Å². The molecule has 0 bridgehead atoms. The first-order valence-electron chi connectivity index (χ1n) is 9.10. The zero-order valence-corrected chi connectivity index (χ0v) is 15.4. The van der Waals surface area contributed by atoms with Crippen LogP contribution in [0.1, 0.15) is 22.3 Å². The van der Waals surface area contributed by atoms with Gasteiger partial charge in [-0.1, -0.05) is 18.2 Å². The van der Waals surface area contributed by atoms with Crippen molar-refractivity contribution < 1.29 is 14.4 Å². The molecule has 2 aromatic rings. The molecule has 28 heavy (non-hydrogen) atoms. The van der Waals surface area contributed by atoms with Gasteiger partial charge in [0, 0.05) is 37.1 Å². The third-order valence-electron chi connectivity index (χ3n) is 4.69. The Bertz CT molecular complexity index is 828. The molecule has 1 aliphatic heterocycles. The summed E-state index contributed by atoms with van der Waals surface area (Å²) in [6.07, 6.45) is 3.64. The lowest BCUT2D eigenvalue weighted by Crippen LogP contribution is -2.47. The lowest BCUT2D eigenvalue weighted by molar-refractivity contribution is -0.137. The molecule has 8 heteroatoms. The van der Waals surface area contributed by atoms with E-state index in [9.17, 15) is 14.4 Å². The Hall–Kier alpha value is -3.26. The molecule has 3 amide bonds. The monoisotopic (exact) mass is 381 g/mol. The van der Waals surface area contributed by atoms with Gasteiger partial charge in [-0.2, -0.15) is 0 Å². The van der Waals surface area contributed by atoms with E-state index < -0.39 is 6.04 Å². The number of amides is 3. The lowest BCUT2D eigenvalue weighted by Gasteiger charge is -2.23. The number of hydrogen-bond acceptors (Lipinski definition) is 5. The van der Waals surface area contributed by atoms with Gasteiger partial charge in [0.15, 0.2) is 0 Å². The minimum Gasteiger partial charge on any atom is -0.350 e. The first-order chi connectivity index (χ1) is 13.6. The van der Waals surface area contributed by atoms with Crippen molar-refractivity contribution in [2.24, 2.45) is 5.73 Å². The highest BCUT2D eigenvalue weighted by molar-refractivity contribution is 5.95. The maximum absolute atomic E-state index is 12.7. The average Bonchev–Trinajstić information content (AvgIpc) is 3.16. The number of pyridine rings is 1. The van der Waals surface area contributed by atoms with Crippen LogP contribution >= 0.6 is 0 Å². The van der Waals surface area contributed by atoms with Gasteiger partial charge < -0.3 is 21.3 Å². The standard InChI is InChI=1S/C20H23N5O3/c21-11-18(26)25-13-16(24-19(27)15-4-2-1-3-5-15)10-17(25)20(28)23-12-14-6-8-22-9-7-14/h1-9,16-17H,10-13,21H2,(H,23,28)(H,24,27)/t16-,17+/m1/s1. The van der Waals surface area contributed by atoms with Gasteiger partial charge in [0.2, 0.25) is 11.8 Å². The number of carbonyl (C=O) groups is 3. The van der Waals surface area contributed by atoms with Crippen molar-refractivity contribution in [2.75, 3.05) is 13.1 Å². The highest BCUT2D eigenvalue weighted by atomic mass is 16.2. The van der Waals surface area contributed by atoms with Gasteiger partial charge in [0.25, 0.3) is 5.91 Å². The Morgan fingerprint density at radius 3 is 2.50 bits per heavy atom. The fourth-order valence-electron chi connectivity index (χ4n) is 3.25. The van der Waals surface area contributed by atoms with Crippen LogP contribution in [-0.4, -0.2) is 52.8 Å². The van der Waals surface area contributed by atoms with Crippen molar-refractivity contribution in [3.05, 3.63) is 66.0 Å². The Morgan fingerprint density at radius 1 is 1.11 bits per heavy atom. The average molecular weight is 381 g/mol. The molecule has 0 radical (unpaired) electrons. The van der Waals surface area contributed by atoms with E-state index in [0.29, 0.717) is 18.5 Å². The minimum absolute atomic E-state index is 0.187. The first-order valence-corrected chi connectivity index (χ1v) is 9.10. The lowest BCUT2D eigenvalue weighted by atomic mass is 10.1. The molecule has 0 saturated carbocycles. The van der Waals surface area contributed by atoms with E-state index in [1.165, 1.54) is 4.90 Å². The number of nitrogens with zero attached hydrogens (tertiary/aromatic N) is 2. The number of carbonyl (C=O) groups excluding carboxylic acids is 3. The van der Waals surface area contributed by atoms with Crippen LogP contribution in [0.2, 0.25) is 0 Å². The number of aromatic nitrogens is 1. The van der Waals surface area contributed by atoms with E-state index in [0.717, 1.165) is 5.56 Å². The van der Waals surface area contributed by atoms with Gasteiger partial charge in [-0.15, -0.1) is 0 Å². The van der Waals surface area contributed by atoms with E-state index in [1.807, 2.05) is 6.07 Å². The molecule has 3 rings (SSSR count). The zero-order chi connectivity index (χ0) is 19.9. The first kappa shape index (κ1) is 19.5. The van der Waals surface area contributed by atoms with Crippen LogP contribution < -0.4 is 16.4 Å². The smallest absolute Gasteiger partial charge is 0.251 e.